The number of carbonyl (C=O) groups is 1. The lowest BCUT2D eigenvalue weighted by Crippen LogP contribution is -2.45. The van der Waals surface area contributed by atoms with Crippen molar-refractivity contribution in [2.24, 2.45) is 5.92 Å². The number of aliphatic hydroxyl groups is 1. The topological polar surface area (TPSA) is 75.4 Å². The molecule has 2 atom stereocenters. The maximum Gasteiger partial charge on any atom is 0.273 e. The zero-order valence-corrected chi connectivity index (χ0v) is 11.9. The average Bonchev–Trinajstić information content (AvgIpc) is 3.14. The van der Waals surface area contributed by atoms with Crippen LogP contribution < -0.4 is 5.32 Å². The first kappa shape index (κ1) is 13.6. The fourth-order valence-corrected chi connectivity index (χ4v) is 3.08. The van der Waals surface area contributed by atoms with Gasteiger partial charge in [0.2, 0.25) is 0 Å². The Hall–Kier alpha value is -1.36. The highest BCUT2D eigenvalue weighted by atomic mass is 16.5. The van der Waals surface area contributed by atoms with Crippen LogP contribution in [0.3, 0.4) is 0 Å². The van der Waals surface area contributed by atoms with E-state index in [1.54, 1.807) is 6.07 Å². The Kier molecular flexibility index (Phi) is 3.54. The summed E-state index contributed by atoms with van der Waals surface area (Å²) in [5, 5.41) is 17.1. The molecular formula is C15H22N2O3. The molecule has 0 saturated heterocycles. The number of carbonyl (C=O) groups excluding carboxylic acids is 1. The lowest BCUT2D eigenvalue weighted by atomic mass is 9.79. The van der Waals surface area contributed by atoms with Crippen molar-refractivity contribution in [3.63, 3.8) is 0 Å². The number of hydrogen-bond donors (Lipinski definition) is 2. The van der Waals surface area contributed by atoms with E-state index in [9.17, 15) is 9.90 Å². The Labute approximate surface area is 118 Å². The first-order valence-electron chi connectivity index (χ1n) is 7.53. The van der Waals surface area contributed by atoms with Crippen LogP contribution in [0.4, 0.5) is 0 Å². The molecule has 1 amide bonds. The SMILES string of the molecule is CC1CCCC(O)(CNC(=O)c2cc(C3CC3)on2)C1. The molecule has 0 radical (unpaired) electrons. The summed E-state index contributed by atoms with van der Waals surface area (Å²) in [6.07, 6.45) is 5.92. The summed E-state index contributed by atoms with van der Waals surface area (Å²) in [7, 11) is 0. The normalized spacial score (nSPS) is 30.2. The van der Waals surface area contributed by atoms with Gasteiger partial charge in [-0.3, -0.25) is 4.79 Å². The second-order valence-electron chi connectivity index (χ2n) is 6.50. The number of rotatable bonds is 4. The molecule has 5 heteroatoms. The van der Waals surface area contributed by atoms with Crippen LogP contribution in [-0.4, -0.2) is 28.3 Å². The Bertz CT molecular complexity index is 495. The molecule has 20 heavy (non-hydrogen) atoms. The van der Waals surface area contributed by atoms with Gasteiger partial charge in [-0.2, -0.15) is 0 Å². The van der Waals surface area contributed by atoms with E-state index in [-0.39, 0.29) is 5.91 Å². The van der Waals surface area contributed by atoms with E-state index in [0.717, 1.165) is 44.3 Å². The van der Waals surface area contributed by atoms with E-state index in [0.29, 0.717) is 24.1 Å². The summed E-state index contributed by atoms with van der Waals surface area (Å²) in [5.74, 6) is 1.51. The Morgan fingerprint density at radius 2 is 2.35 bits per heavy atom. The fraction of sp³-hybridized carbons (Fsp3) is 0.733. The summed E-state index contributed by atoms with van der Waals surface area (Å²) in [5.41, 5.74) is -0.449. The Morgan fingerprint density at radius 3 is 3.05 bits per heavy atom. The van der Waals surface area contributed by atoms with E-state index >= 15 is 0 Å². The van der Waals surface area contributed by atoms with Crippen LogP contribution in [-0.2, 0) is 0 Å². The molecule has 2 N–H and O–H groups in total. The zero-order valence-electron chi connectivity index (χ0n) is 11.9. The summed E-state index contributed by atoms with van der Waals surface area (Å²) in [4.78, 5) is 12.0. The van der Waals surface area contributed by atoms with Gasteiger partial charge in [-0.25, -0.2) is 0 Å². The van der Waals surface area contributed by atoms with E-state index in [1.807, 2.05) is 0 Å². The minimum atomic E-state index is -0.767. The van der Waals surface area contributed by atoms with Gasteiger partial charge in [-0.05, 0) is 31.6 Å². The minimum Gasteiger partial charge on any atom is -0.388 e. The number of aromatic nitrogens is 1. The van der Waals surface area contributed by atoms with Gasteiger partial charge in [0.15, 0.2) is 5.69 Å². The summed E-state index contributed by atoms with van der Waals surface area (Å²) in [6, 6.07) is 1.72. The molecule has 0 aromatic carbocycles. The lowest BCUT2D eigenvalue weighted by Gasteiger charge is -2.35. The van der Waals surface area contributed by atoms with Crippen LogP contribution in [0.1, 0.15) is 67.6 Å². The van der Waals surface area contributed by atoms with Crippen molar-refractivity contribution in [1.82, 2.24) is 10.5 Å². The third-order valence-corrected chi connectivity index (χ3v) is 4.39. The Morgan fingerprint density at radius 1 is 1.55 bits per heavy atom. The third-order valence-electron chi connectivity index (χ3n) is 4.39. The van der Waals surface area contributed by atoms with Crippen molar-refractivity contribution in [3.8, 4) is 0 Å². The molecule has 2 aliphatic rings. The zero-order chi connectivity index (χ0) is 14.2. The molecule has 0 bridgehead atoms. The van der Waals surface area contributed by atoms with Crippen molar-refractivity contribution < 1.29 is 14.4 Å². The summed E-state index contributed by atoms with van der Waals surface area (Å²) in [6.45, 7) is 2.44. The van der Waals surface area contributed by atoms with Gasteiger partial charge in [-0.1, -0.05) is 24.9 Å². The van der Waals surface area contributed by atoms with Gasteiger partial charge in [-0.15, -0.1) is 0 Å². The molecule has 2 saturated carbocycles. The van der Waals surface area contributed by atoms with Crippen molar-refractivity contribution >= 4 is 5.91 Å². The maximum atomic E-state index is 12.0. The quantitative estimate of drug-likeness (QED) is 0.885. The maximum absolute atomic E-state index is 12.0. The van der Waals surface area contributed by atoms with E-state index < -0.39 is 5.60 Å². The lowest BCUT2D eigenvalue weighted by molar-refractivity contribution is -0.0110. The van der Waals surface area contributed by atoms with Crippen molar-refractivity contribution in [3.05, 3.63) is 17.5 Å². The van der Waals surface area contributed by atoms with Crippen molar-refractivity contribution in [2.45, 2.75) is 57.0 Å². The number of amides is 1. The van der Waals surface area contributed by atoms with Crippen LogP contribution >= 0.6 is 0 Å². The average molecular weight is 278 g/mol. The number of nitrogens with one attached hydrogen (secondary N) is 1. The van der Waals surface area contributed by atoms with Gasteiger partial charge in [0, 0.05) is 18.5 Å². The van der Waals surface area contributed by atoms with Gasteiger partial charge in [0.25, 0.3) is 5.91 Å². The monoisotopic (exact) mass is 278 g/mol. The smallest absolute Gasteiger partial charge is 0.273 e. The second-order valence-corrected chi connectivity index (χ2v) is 6.50. The number of nitrogens with zero attached hydrogens (tertiary/aromatic N) is 1. The van der Waals surface area contributed by atoms with Crippen LogP contribution in [0, 0.1) is 5.92 Å². The highest BCUT2D eigenvalue weighted by molar-refractivity contribution is 5.92. The van der Waals surface area contributed by atoms with Gasteiger partial charge in [0.1, 0.15) is 5.76 Å². The van der Waals surface area contributed by atoms with Crippen LogP contribution in [0.15, 0.2) is 10.6 Å². The van der Waals surface area contributed by atoms with Crippen LogP contribution in [0.25, 0.3) is 0 Å². The fourth-order valence-electron chi connectivity index (χ4n) is 3.08. The van der Waals surface area contributed by atoms with E-state index in [4.69, 9.17) is 4.52 Å². The molecule has 3 rings (SSSR count). The Balaban J connectivity index is 1.55. The summed E-state index contributed by atoms with van der Waals surface area (Å²) >= 11 is 0. The minimum absolute atomic E-state index is 0.257. The van der Waals surface area contributed by atoms with Gasteiger partial charge in [0.05, 0.1) is 5.60 Å². The van der Waals surface area contributed by atoms with Gasteiger partial charge >= 0.3 is 0 Å². The standard InChI is InChI=1S/C15H22N2O3/c1-10-3-2-6-15(19,8-10)9-16-14(18)12-7-13(20-17-12)11-4-5-11/h7,10-11,19H,2-6,8-9H2,1H3,(H,16,18). The van der Waals surface area contributed by atoms with E-state index in [1.165, 1.54) is 0 Å². The molecule has 1 aromatic heterocycles. The second kappa shape index (κ2) is 5.20. The third kappa shape index (κ3) is 3.03. The highest BCUT2D eigenvalue weighted by Gasteiger charge is 2.33. The van der Waals surface area contributed by atoms with Crippen LogP contribution in [0.5, 0.6) is 0 Å². The largest absolute Gasteiger partial charge is 0.388 e. The summed E-state index contributed by atoms with van der Waals surface area (Å²) < 4.78 is 5.17. The van der Waals surface area contributed by atoms with E-state index in [2.05, 4.69) is 17.4 Å². The van der Waals surface area contributed by atoms with Crippen molar-refractivity contribution in [2.75, 3.05) is 6.54 Å². The molecule has 1 aromatic rings. The number of hydrogen-bond acceptors (Lipinski definition) is 4. The molecular weight excluding hydrogens is 256 g/mol. The molecule has 2 aliphatic carbocycles. The predicted molar refractivity (Wildman–Crippen MR) is 73.4 cm³/mol. The molecule has 0 spiro atoms. The molecule has 5 nitrogen and oxygen atoms in total. The van der Waals surface area contributed by atoms with Crippen molar-refractivity contribution in [1.29, 1.82) is 0 Å². The highest BCUT2D eigenvalue weighted by Crippen LogP contribution is 2.40. The molecule has 2 fully saturated rings. The van der Waals surface area contributed by atoms with Gasteiger partial charge < -0.3 is 14.9 Å². The van der Waals surface area contributed by atoms with Crippen LogP contribution in [0.2, 0.25) is 0 Å². The molecule has 1 heterocycles. The predicted octanol–water partition coefficient (Wildman–Crippen LogP) is 2.22. The molecule has 2 unspecified atom stereocenters. The molecule has 0 aliphatic heterocycles. The first-order chi connectivity index (χ1) is 9.56. The first-order valence-corrected chi connectivity index (χ1v) is 7.53. The molecule has 110 valence electrons.